The van der Waals surface area contributed by atoms with E-state index in [4.69, 9.17) is 0 Å². The minimum atomic E-state index is 0.383. The van der Waals surface area contributed by atoms with Crippen molar-refractivity contribution < 1.29 is 5.11 Å². The lowest BCUT2D eigenvalue weighted by Gasteiger charge is -2.16. The van der Waals surface area contributed by atoms with Crippen molar-refractivity contribution in [2.24, 2.45) is 5.92 Å². The quantitative estimate of drug-likeness (QED) is 0.0727. The summed E-state index contributed by atoms with van der Waals surface area (Å²) < 4.78 is 0. The van der Waals surface area contributed by atoms with Gasteiger partial charge in [-0.3, -0.25) is 0 Å². The summed E-state index contributed by atoms with van der Waals surface area (Å²) in [6, 6.07) is 0. The molecule has 0 bridgehead atoms. The molecule has 0 aromatic heterocycles. The molecule has 0 aliphatic rings. The smallest absolute Gasteiger partial charge is 0.0431 e. The van der Waals surface area contributed by atoms with E-state index in [2.05, 4.69) is 13.8 Å². The lowest BCUT2D eigenvalue weighted by molar-refractivity contribution is 0.261. The Labute approximate surface area is 262 Å². The first kappa shape index (κ1) is 41.0. The zero-order valence-electron chi connectivity index (χ0n) is 29.2. The highest BCUT2D eigenvalue weighted by Gasteiger charge is 2.08. The monoisotopic (exact) mass is 579 g/mol. The SMILES string of the molecule is CCCCCCCCCCCCCCCCCCC(CCCO)CCCCCCCCCCCCCCCCCC. The van der Waals surface area contributed by atoms with Gasteiger partial charge in [0, 0.05) is 6.61 Å². The molecule has 248 valence electrons. The van der Waals surface area contributed by atoms with Crippen LogP contribution in [-0.4, -0.2) is 11.7 Å². The van der Waals surface area contributed by atoms with E-state index in [1.807, 2.05) is 0 Å². The van der Waals surface area contributed by atoms with Gasteiger partial charge in [0.2, 0.25) is 0 Å². The van der Waals surface area contributed by atoms with E-state index in [0.717, 1.165) is 12.3 Å². The largest absolute Gasteiger partial charge is 0.396 e. The highest BCUT2D eigenvalue weighted by Crippen LogP contribution is 2.24. The fourth-order valence-corrected chi connectivity index (χ4v) is 6.78. The van der Waals surface area contributed by atoms with E-state index in [1.54, 1.807) is 0 Å². The van der Waals surface area contributed by atoms with Gasteiger partial charge in [0.05, 0.1) is 0 Å². The summed E-state index contributed by atoms with van der Waals surface area (Å²) in [5.41, 5.74) is 0. The predicted molar refractivity (Wildman–Crippen MR) is 188 cm³/mol. The zero-order valence-corrected chi connectivity index (χ0v) is 29.2. The molecule has 1 heteroatoms. The molecule has 0 atom stereocenters. The van der Waals surface area contributed by atoms with Gasteiger partial charge in [-0.2, -0.15) is 0 Å². The van der Waals surface area contributed by atoms with Crippen LogP contribution in [0.1, 0.15) is 245 Å². The first-order chi connectivity index (χ1) is 20.3. The fourth-order valence-electron chi connectivity index (χ4n) is 6.78. The normalized spacial score (nSPS) is 11.7. The van der Waals surface area contributed by atoms with Gasteiger partial charge in [-0.1, -0.05) is 232 Å². The van der Waals surface area contributed by atoms with Crippen LogP contribution >= 0.6 is 0 Å². The third kappa shape index (κ3) is 36.1. The molecule has 0 fully saturated rings. The van der Waals surface area contributed by atoms with Gasteiger partial charge in [0.25, 0.3) is 0 Å². The predicted octanol–water partition coefficient (Wildman–Crippen LogP) is 14.7. The van der Waals surface area contributed by atoms with Crippen molar-refractivity contribution >= 4 is 0 Å². The van der Waals surface area contributed by atoms with E-state index >= 15 is 0 Å². The summed E-state index contributed by atoms with van der Waals surface area (Å²) in [4.78, 5) is 0. The van der Waals surface area contributed by atoms with Gasteiger partial charge in [-0.05, 0) is 18.8 Å². The molecule has 0 spiro atoms. The summed E-state index contributed by atoms with van der Waals surface area (Å²) in [5, 5.41) is 9.34. The Hall–Kier alpha value is -0.0400. The van der Waals surface area contributed by atoms with E-state index < -0.39 is 0 Å². The number of hydrogen-bond donors (Lipinski definition) is 1. The maximum absolute atomic E-state index is 9.34. The van der Waals surface area contributed by atoms with Gasteiger partial charge in [-0.15, -0.1) is 0 Å². The summed E-state index contributed by atoms with van der Waals surface area (Å²) in [5.74, 6) is 0.875. The molecule has 0 aliphatic heterocycles. The number of unbranched alkanes of at least 4 members (excludes halogenated alkanes) is 30. The topological polar surface area (TPSA) is 20.2 Å². The molecule has 0 rings (SSSR count). The van der Waals surface area contributed by atoms with Crippen LogP contribution in [0, 0.1) is 5.92 Å². The average Bonchev–Trinajstić information content (AvgIpc) is 2.98. The molecule has 0 aliphatic carbocycles. The molecule has 1 N–H and O–H groups in total. The first-order valence-electron chi connectivity index (χ1n) is 20.0. The molecule has 0 heterocycles. The van der Waals surface area contributed by atoms with Crippen LogP contribution in [0.5, 0.6) is 0 Å². The van der Waals surface area contributed by atoms with Crippen LogP contribution in [0.4, 0.5) is 0 Å². The third-order valence-corrected chi connectivity index (χ3v) is 9.70. The van der Waals surface area contributed by atoms with Crippen molar-refractivity contribution in [2.45, 2.75) is 245 Å². The standard InChI is InChI=1S/C40H82O/c1-3-5-7-9-11-13-15-17-19-21-23-25-27-29-31-33-36-40(38-35-39-41)37-34-32-30-28-26-24-22-20-18-16-14-12-10-8-6-4-2/h40-41H,3-39H2,1-2H3. The van der Waals surface area contributed by atoms with Crippen LogP contribution in [0.2, 0.25) is 0 Å². The maximum atomic E-state index is 9.34. The Morgan fingerprint density at radius 3 is 0.683 bits per heavy atom. The third-order valence-electron chi connectivity index (χ3n) is 9.70. The molecular formula is C40H82O. The summed E-state index contributed by atoms with van der Waals surface area (Å²) in [6.07, 6.45) is 51.6. The molecule has 0 saturated heterocycles. The first-order valence-corrected chi connectivity index (χ1v) is 20.0. The van der Waals surface area contributed by atoms with E-state index in [-0.39, 0.29) is 0 Å². The Morgan fingerprint density at radius 2 is 0.463 bits per heavy atom. The van der Waals surface area contributed by atoms with Crippen molar-refractivity contribution in [3.63, 3.8) is 0 Å². The molecule has 0 radical (unpaired) electrons. The van der Waals surface area contributed by atoms with Gasteiger partial charge < -0.3 is 5.11 Å². The maximum Gasteiger partial charge on any atom is 0.0431 e. The highest BCUT2D eigenvalue weighted by molar-refractivity contribution is 4.62. The molecule has 0 amide bonds. The molecular weight excluding hydrogens is 496 g/mol. The molecule has 0 unspecified atom stereocenters. The number of aliphatic hydroxyl groups is 1. The Kier molecular flexibility index (Phi) is 37.9. The lowest BCUT2D eigenvalue weighted by Crippen LogP contribution is -2.02. The Bertz CT molecular complexity index is 397. The molecule has 0 aromatic carbocycles. The molecule has 0 aromatic rings. The van der Waals surface area contributed by atoms with E-state index in [1.165, 1.54) is 225 Å². The van der Waals surface area contributed by atoms with Crippen LogP contribution in [0.3, 0.4) is 0 Å². The van der Waals surface area contributed by atoms with Crippen LogP contribution in [0.25, 0.3) is 0 Å². The minimum absolute atomic E-state index is 0.383. The fraction of sp³-hybridized carbons (Fsp3) is 1.00. The van der Waals surface area contributed by atoms with Crippen molar-refractivity contribution in [3.05, 3.63) is 0 Å². The van der Waals surface area contributed by atoms with Crippen molar-refractivity contribution in [2.75, 3.05) is 6.61 Å². The molecule has 0 saturated carbocycles. The van der Waals surface area contributed by atoms with Crippen molar-refractivity contribution in [1.82, 2.24) is 0 Å². The van der Waals surface area contributed by atoms with Gasteiger partial charge in [0.1, 0.15) is 0 Å². The second-order valence-electron chi connectivity index (χ2n) is 13.9. The molecule has 1 nitrogen and oxygen atoms in total. The van der Waals surface area contributed by atoms with Crippen molar-refractivity contribution in [1.29, 1.82) is 0 Å². The number of aliphatic hydroxyl groups excluding tert-OH is 1. The second-order valence-corrected chi connectivity index (χ2v) is 13.9. The summed E-state index contributed by atoms with van der Waals surface area (Å²) in [7, 11) is 0. The van der Waals surface area contributed by atoms with Gasteiger partial charge in [-0.25, -0.2) is 0 Å². The Morgan fingerprint density at radius 1 is 0.268 bits per heavy atom. The van der Waals surface area contributed by atoms with Gasteiger partial charge in [0.15, 0.2) is 0 Å². The lowest BCUT2D eigenvalue weighted by atomic mass is 9.90. The van der Waals surface area contributed by atoms with Crippen molar-refractivity contribution in [3.8, 4) is 0 Å². The second kappa shape index (κ2) is 38.0. The number of hydrogen-bond acceptors (Lipinski definition) is 1. The minimum Gasteiger partial charge on any atom is -0.396 e. The number of rotatable bonds is 37. The zero-order chi connectivity index (χ0) is 29.7. The highest BCUT2D eigenvalue weighted by atomic mass is 16.2. The van der Waals surface area contributed by atoms with Crippen LogP contribution < -0.4 is 0 Å². The van der Waals surface area contributed by atoms with Gasteiger partial charge >= 0.3 is 0 Å². The van der Waals surface area contributed by atoms with Crippen LogP contribution in [-0.2, 0) is 0 Å². The van der Waals surface area contributed by atoms with E-state index in [0.29, 0.717) is 6.61 Å². The summed E-state index contributed by atoms with van der Waals surface area (Å²) >= 11 is 0. The average molecular weight is 579 g/mol. The van der Waals surface area contributed by atoms with Crippen LogP contribution in [0.15, 0.2) is 0 Å². The molecule has 41 heavy (non-hydrogen) atoms. The Balaban J connectivity index is 3.44. The van der Waals surface area contributed by atoms with E-state index in [9.17, 15) is 5.11 Å². The summed E-state index contributed by atoms with van der Waals surface area (Å²) in [6.45, 7) is 4.99.